The van der Waals surface area contributed by atoms with Gasteiger partial charge >= 0.3 is 0 Å². The van der Waals surface area contributed by atoms with E-state index in [1.54, 1.807) is 0 Å². The first-order valence-electron chi connectivity index (χ1n) is 5.42. The Labute approximate surface area is 112 Å². The van der Waals surface area contributed by atoms with Crippen molar-refractivity contribution in [2.45, 2.75) is 11.8 Å². The molecule has 0 radical (unpaired) electrons. The molecule has 0 aliphatic heterocycles. The van der Waals surface area contributed by atoms with E-state index >= 15 is 0 Å². The molecule has 0 aliphatic rings. The maximum Gasteiger partial charge on any atom is 0.240 e. The molecule has 1 aromatic carbocycles. The molecule has 1 N–H and O–H groups in total. The molecule has 0 aromatic heterocycles. The van der Waals surface area contributed by atoms with Crippen LogP contribution in [-0.2, 0) is 14.8 Å². The maximum absolute atomic E-state index is 11.9. The first-order chi connectivity index (χ1) is 8.51. The smallest absolute Gasteiger partial charge is 0.240 e. The highest BCUT2D eigenvalue weighted by Gasteiger charge is 2.15. The molecule has 0 unspecified atom stereocenters. The summed E-state index contributed by atoms with van der Waals surface area (Å²) in [7, 11) is -2.05. The van der Waals surface area contributed by atoms with Gasteiger partial charge in [0.05, 0.1) is 23.1 Å². The van der Waals surface area contributed by atoms with Crippen molar-refractivity contribution in [1.82, 2.24) is 4.72 Å². The molecule has 0 saturated carbocycles. The van der Waals surface area contributed by atoms with E-state index in [-0.39, 0.29) is 16.5 Å². The molecule has 5 nitrogen and oxygen atoms in total. The standard InChI is InChI=1S/C11H16ClNO4S/c1-3-17-11-5-4-9(8-10(11)12)18(14,15)13-6-7-16-2/h4-5,8,13H,3,6-7H2,1-2H3. The van der Waals surface area contributed by atoms with Gasteiger partial charge in [0.1, 0.15) is 5.75 Å². The summed E-state index contributed by atoms with van der Waals surface area (Å²) < 4.78 is 36.1. The highest BCUT2D eigenvalue weighted by molar-refractivity contribution is 7.89. The van der Waals surface area contributed by atoms with E-state index in [9.17, 15) is 8.42 Å². The Hall–Kier alpha value is -0.820. The van der Waals surface area contributed by atoms with E-state index in [1.807, 2.05) is 6.92 Å². The number of benzene rings is 1. The van der Waals surface area contributed by atoms with Crippen molar-refractivity contribution in [3.63, 3.8) is 0 Å². The number of halogens is 1. The average molecular weight is 294 g/mol. The average Bonchev–Trinajstić information content (AvgIpc) is 2.32. The molecule has 0 amide bonds. The number of sulfonamides is 1. The molecule has 7 heteroatoms. The lowest BCUT2D eigenvalue weighted by Crippen LogP contribution is -2.27. The van der Waals surface area contributed by atoms with Crippen LogP contribution in [0, 0.1) is 0 Å². The minimum Gasteiger partial charge on any atom is -0.492 e. The van der Waals surface area contributed by atoms with E-state index in [1.165, 1.54) is 25.3 Å². The molecule has 0 saturated heterocycles. The van der Waals surface area contributed by atoms with E-state index < -0.39 is 10.0 Å². The summed E-state index contributed by atoms with van der Waals surface area (Å²) in [6, 6.07) is 4.35. The molecule has 0 spiro atoms. The van der Waals surface area contributed by atoms with Crippen molar-refractivity contribution < 1.29 is 17.9 Å². The zero-order valence-corrected chi connectivity index (χ0v) is 11.8. The highest BCUT2D eigenvalue weighted by atomic mass is 35.5. The monoisotopic (exact) mass is 293 g/mol. The fourth-order valence-corrected chi connectivity index (χ4v) is 2.62. The van der Waals surface area contributed by atoms with E-state index in [0.717, 1.165) is 0 Å². The predicted molar refractivity (Wildman–Crippen MR) is 69.7 cm³/mol. The number of ether oxygens (including phenoxy) is 2. The van der Waals surface area contributed by atoms with Gasteiger partial charge in [-0.25, -0.2) is 13.1 Å². The Bertz CT molecular complexity index is 490. The SMILES string of the molecule is CCOc1ccc(S(=O)(=O)NCCOC)cc1Cl. The van der Waals surface area contributed by atoms with Gasteiger partial charge in [-0.1, -0.05) is 11.6 Å². The van der Waals surface area contributed by atoms with Gasteiger partial charge in [-0.3, -0.25) is 0 Å². The predicted octanol–water partition coefficient (Wildman–Crippen LogP) is 1.66. The molecule has 0 bridgehead atoms. The van der Waals surface area contributed by atoms with E-state index in [4.69, 9.17) is 21.1 Å². The lowest BCUT2D eigenvalue weighted by atomic mass is 10.3. The molecular weight excluding hydrogens is 278 g/mol. The van der Waals surface area contributed by atoms with Gasteiger partial charge in [0, 0.05) is 13.7 Å². The number of hydrogen-bond acceptors (Lipinski definition) is 4. The van der Waals surface area contributed by atoms with Crippen LogP contribution in [0.1, 0.15) is 6.92 Å². The number of hydrogen-bond donors (Lipinski definition) is 1. The van der Waals surface area contributed by atoms with E-state index in [2.05, 4.69) is 4.72 Å². The van der Waals surface area contributed by atoms with Crippen molar-refractivity contribution in [3.05, 3.63) is 23.2 Å². The molecule has 1 rings (SSSR count). The van der Waals surface area contributed by atoms with Gasteiger partial charge in [0.15, 0.2) is 0 Å². The first kappa shape index (κ1) is 15.2. The Kier molecular flexibility index (Phi) is 5.87. The molecule has 0 heterocycles. The van der Waals surface area contributed by atoms with Crippen molar-refractivity contribution in [1.29, 1.82) is 0 Å². The van der Waals surface area contributed by atoms with Crippen molar-refractivity contribution >= 4 is 21.6 Å². The largest absolute Gasteiger partial charge is 0.492 e. The van der Waals surface area contributed by atoms with Crippen LogP contribution in [0.5, 0.6) is 5.75 Å². The molecule has 0 atom stereocenters. The van der Waals surface area contributed by atoms with Gasteiger partial charge in [-0.05, 0) is 25.1 Å². The Balaban J connectivity index is 2.86. The summed E-state index contributed by atoms with van der Waals surface area (Å²) in [6.45, 7) is 2.82. The molecule has 0 fully saturated rings. The first-order valence-corrected chi connectivity index (χ1v) is 7.28. The van der Waals surface area contributed by atoms with Gasteiger partial charge in [-0.2, -0.15) is 0 Å². The normalized spacial score (nSPS) is 11.5. The lowest BCUT2D eigenvalue weighted by molar-refractivity contribution is 0.204. The Morgan fingerprint density at radius 2 is 2.11 bits per heavy atom. The summed E-state index contributed by atoms with van der Waals surface area (Å²) in [6.07, 6.45) is 0. The summed E-state index contributed by atoms with van der Waals surface area (Å²) in [5, 5.41) is 0.270. The van der Waals surface area contributed by atoms with Crippen LogP contribution in [0.2, 0.25) is 5.02 Å². The topological polar surface area (TPSA) is 64.6 Å². The van der Waals surface area contributed by atoms with Crippen LogP contribution in [0.4, 0.5) is 0 Å². The summed E-state index contributed by atoms with van der Waals surface area (Å²) >= 11 is 5.93. The van der Waals surface area contributed by atoms with Crippen LogP contribution in [0.25, 0.3) is 0 Å². The third kappa shape index (κ3) is 4.13. The third-order valence-electron chi connectivity index (χ3n) is 2.11. The van der Waals surface area contributed by atoms with Gasteiger partial charge < -0.3 is 9.47 Å². The van der Waals surface area contributed by atoms with Crippen LogP contribution < -0.4 is 9.46 Å². The fourth-order valence-electron chi connectivity index (χ4n) is 1.28. The van der Waals surface area contributed by atoms with Crippen LogP contribution in [0.15, 0.2) is 23.1 Å². The van der Waals surface area contributed by atoms with Crippen molar-refractivity contribution in [2.75, 3.05) is 26.9 Å². The summed E-state index contributed by atoms with van der Waals surface area (Å²) in [5.74, 6) is 0.468. The van der Waals surface area contributed by atoms with Crippen LogP contribution in [-0.4, -0.2) is 35.3 Å². The molecule has 102 valence electrons. The minimum absolute atomic E-state index is 0.104. The second-order valence-electron chi connectivity index (χ2n) is 3.42. The molecular formula is C11H16ClNO4S. The Morgan fingerprint density at radius 1 is 1.39 bits per heavy atom. The minimum atomic E-state index is -3.56. The van der Waals surface area contributed by atoms with Crippen LogP contribution >= 0.6 is 11.6 Å². The van der Waals surface area contributed by atoms with Gasteiger partial charge in [-0.15, -0.1) is 0 Å². The summed E-state index contributed by atoms with van der Waals surface area (Å²) in [4.78, 5) is 0.104. The quantitative estimate of drug-likeness (QED) is 0.777. The summed E-state index contributed by atoms with van der Waals surface area (Å²) in [5.41, 5.74) is 0. The molecule has 18 heavy (non-hydrogen) atoms. The zero-order chi connectivity index (χ0) is 13.6. The second-order valence-corrected chi connectivity index (χ2v) is 5.59. The fraction of sp³-hybridized carbons (Fsp3) is 0.455. The number of methoxy groups -OCH3 is 1. The van der Waals surface area contributed by atoms with Gasteiger partial charge in [0.2, 0.25) is 10.0 Å². The lowest BCUT2D eigenvalue weighted by Gasteiger charge is -2.09. The molecule has 1 aromatic rings. The molecule has 0 aliphatic carbocycles. The van der Waals surface area contributed by atoms with E-state index in [0.29, 0.717) is 19.0 Å². The zero-order valence-electron chi connectivity index (χ0n) is 10.3. The Morgan fingerprint density at radius 3 is 2.67 bits per heavy atom. The van der Waals surface area contributed by atoms with Gasteiger partial charge in [0.25, 0.3) is 0 Å². The third-order valence-corrected chi connectivity index (χ3v) is 3.87. The number of nitrogens with one attached hydrogen (secondary N) is 1. The maximum atomic E-state index is 11.9. The van der Waals surface area contributed by atoms with Crippen LogP contribution in [0.3, 0.4) is 0 Å². The highest BCUT2D eigenvalue weighted by Crippen LogP contribution is 2.27. The number of rotatable bonds is 7. The van der Waals surface area contributed by atoms with Crippen molar-refractivity contribution in [3.8, 4) is 5.75 Å². The second kappa shape index (κ2) is 6.94. The van der Waals surface area contributed by atoms with Crippen molar-refractivity contribution in [2.24, 2.45) is 0 Å².